The molecule has 2 aliphatic carbocycles. The highest BCUT2D eigenvalue weighted by atomic mass is 35.5. The molecule has 1 nitrogen and oxygen atoms in total. The van der Waals surface area contributed by atoms with Crippen LogP contribution < -0.4 is 5.73 Å². The molecule has 0 aromatic heterocycles. The van der Waals surface area contributed by atoms with Gasteiger partial charge in [0.2, 0.25) is 0 Å². The number of rotatable bonds is 3. The number of halogens is 1. The first-order valence-electron chi connectivity index (χ1n) is 8.64. The molecule has 21 heavy (non-hydrogen) atoms. The van der Waals surface area contributed by atoms with E-state index in [0.717, 1.165) is 17.5 Å². The van der Waals surface area contributed by atoms with Crippen LogP contribution in [0.5, 0.6) is 0 Å². The van der Waals surface area contributed by atoms with E-state index in [1.165, 1.54) is 62.5 Å². The quantitative estimate of drug-likeness (QED) is 0.794. The SMILES string of the molecule is CC1CCC(c2ccc(C3(CN)CCCC3)cc2Cl)CC1. The predicted molar refractivity (Wildman–Crippen MR) is 91.0 cm³/mol. The summed E-state index contributed by atoms with van der Waals surface area (Å²) in [5.41, 5.74) is 9.05. The third-order valence-corrected chi connectivity index (χ3v) is 6.35. The summed E-state index contributed by atoms with van der Waals surface area (Å²) in [7, 11) is 0. The fourth-order valence-corrected chi connectivity index (χ4v) is 4.76. The lowest BCUT2D eigenvalue weighted by atomic mass is 9.76. The van der Waals surface area contributed by atoms with Gasteiger partial charge in [0.25, 0.3) is 0 Å². The maximum Gasteiger partial charge on any atom is 0.0443 e. The number of nitrogens with two attached hydrogens (primary N) is 1. The van der Waals surface area contributed by atoms with Crippen LogP contribution in [-0.2, 0) is 5.41 Å². The van der Waals surface area contributed by atoms with E-state index in [4.69, 9.17) is 17.3 Å². The second kappa shape index (κ2) is 6.30. The summed E-state index contributed by atoms with van der Waals surface area (Å²) in [4.78, 5) is 0. The molecule has 0 saturated heterocycles. The van der Waals surface area contributed by atoms with E-state index in [-0.39, 0.29) is 5.41 Å². The average molecular weight is 306 g/mol. The molecule has 0 aliphatic heterocycles. The number of hydrogen-bond acceptors (Lipinski definition) is 1. The standard InChI is InChI=1S/C19H28ClN/c1-14-4-6-15(7-5-14)17-9-8-16(12-18(17)20)19(13-21)10-2-3-11-19/h8-9,12,14-15H,2-7,10-11,13,21H2,1H3. The van der Waals surface area contributed by atoms with Gasteiger partial charge in [0.1, 0.15) is 0 Å². The normalized spacial score (nSPS) is 28.7. The van der Waals surface area contributed by atoms with Gasteiger partial charge in [0.05, 0.1) is 0 Å². The Morgan fingerprint density at radius 2 is 1.81 bits per heavy atom. The van der Waals surface area contributed by atoms with E-state index in [0.29, 0.717) is 5.92 Å². The van der Waals surface area contributed by atoms with Gasteiger partial charge in [-0.3, -0.25) is 0 Å². The van der Waals surface area contributed by atoms with E-state index in [2.05, 4.69) is 25.1 Å². The molecule has 0 amide bonds. The Morgan fingerprint density at radius 1 is 1.14 bits per heavy atom. The maximum absolute atomic E-state index is 6.66. The zero-order valence-electron chi connectivity index (χ0n) is 13.2. The van der Waals surface area contributed by atoms with Gasteiger partial charge in [0, 0.05) is 17.0 Å². The Kier molecular flexibility index (Phi) is 4.61. The van der Waals surface area contributed by atoms with E-state index in [1.54, 1.807) is 0 Å². The Bertz CT molecular complexity index is 482. The largest absolute Gasteiger partial charge is 0.330 e. The summed E-state index contributed by atoms with van der Waals surface area (Å²) in [5.74, 6) is 1.55. The zero-order chi connectivity index (χ0) is 14.9. The molecule has 1 aromatic rings. The van der Waals surface area contributed by atoms with Crippen molar-refractivity contribution in [1.82, 2.24) is 0 Å². The highest BCUT2D eigenvalue weighted by molar-refractivity contribution is 6.31. The van der Waals surface area contributed by atoms with E-state index in [9.17, 15) is 0 Å². The van der Waals surface area contributed by atoms with Crippen LogP contribution in [-0.4, -0.2) is 6.54 Å². The first-order valence-corrected chi connectivity index (χ1v) is 9.02. The lowest BCUT2D eigenvalue weighted by Gasteiger charge is -2.30. The van der Waals surface area contributed by atoms with Crippen LogP contribution in [0.2, 0.25) is 5.02 Å². The molecular formula is C19H28ClN. The van der Waals surface area contributed by atoms with Crippen molar-refractivity contribution in [3.05, 3.63) is 34.3 Å². The lowest BCUT2D eigenvalue weighted by Crippen LogP contribution is -2.32. The fraction of sp³-hybridized carbons (Fsp3) is 0.684. The van der Waals surface area contributed by atoms with Crippen molar-refractivity contribution in [2.24, 2.45) is 11.7 Å². The van der Waals surface area contributed by atoms with E-state index >= 15 is 0 Å². The highest BCUT2D eigenvalue weighted by Crippen LogP contribution is 2.43. The summed E-state index contributed by atoms with van der Waals surface area (Å²) in [6, 6.07) is 6.85. The Labute approximate surface area is 134 Å². The fourth-order valence-electron chi connectivity index (χ4n) is 4.42. The van der Waals surface area contributed by atoms with Crippen LogP contribution in [0.25, 0.3) is 0 Å². The number of hydrogen-bond donors (Lipinski definition) is 1. The first-order chi connectivity index (χ1) is 10.1. The Balaban J connectivity index is 1.83. The van der Waals surface area contributed by atoms with Gasteiger partial charge in [-0.1, -0.05) is 56.3 Å². The molecular weight excluding hydrogens is 278 g/mol. The molecule has 0 unspecified atom stereocenters. The van der Waals surface area contributed by atoms with E-state index in [1.807, 2.05) is 0 Å². The van der Waals surface area contributed by atoms with Gasteiger partial charge in [-0.2, -0.15) is 0 Å². The average Bonchev–Trinajstić information content (AvgIpc) is 2.98. The van der Waals surface area contributed by atoms with Gasteiger partial charge in [0.15, 0.2) is 0 Å². The van der Waals surface area contributed by atoms with Crippen molar-refractivity contribution in [3.63, 3.8) is 0 Å². The number of benzene rings is 1. The molecule has 2 heteroatoms. The monoisotopic (exact) mass is 305 g/mol. The van der Waals surface area contributed by atoms with Crippen molar-refractivity contribution >= 4 is 11.6 Å². The minimum absolute atomic E-state index is 0.198. The van der Waals surface area contributed by atoms with Gasteiger partial charge >= 0.3 is 0 Å². The van der Waals surface area contributed by atoms with Gasteiger partial charge in [-0.25, -0.2) is 0 Å². The minimum atomic E-state index is 0.198. The minimum Gasteiger partial charge on any atom is -0.330 e. The molecule has 2 fully saturated rings. The smallest absolute Gasteiger partial charge is 0.0443 e. The molecule has 0 bridgehead atoms. The molecule has 0 radical (unpaired) electrons. The third-order valence-electron chi connectivity index (χ3n) is 6.02. The topological polar surface area (TPSA) is 26.0 Å². The summed E-state index contributed by atoms with van der Waals surface area (Å²) in [5, 5.41) is 0.978. The molecule has 2 N–H and O–H groups in total. The Morgan fingerprint density at radius 3 is 2.38 bits per heavy atom. The lowest BCUT2D eigenvalue weighted by molar-refractivity contribution is 0.348. The second-order valence-corrected chi connectivity index (χ2v) is 7.79. The summed E-state index contributed by atoms with van der Waals surface area (Å²) in [6.45, 7) is 3.12. The van der Waals surface area contributed by atoms with Crippen LogP contribution >= 0.6 is 11.6 Å². The summed E-state index contributed by atoms with van der Waals surface area (Å²) >= 11 is 6.66. The van der Waals surface area contributed by atoms with Crippen molar-refractivity contribution in [2.75, 3.05) is 6.54 Å². The van der Waals surface area contributed by atoms with Crippen LogP contribution in [0.3, 0.4) is 0 Å². The van der Waals surface area contributed by atoms with Crippen molar-refractivity contribution in [3.8, 4) is 0 Å². The molecule has 2 aliphatic rings. The van der Waals surface area contributed by atoms with Gasteiger partial charge < -0.3 is 5.73 Å². The molecule has 3 rings (SSSR count). The maximum atomic E-state index is 6.66. The van der Waals surface area contributed by atoms with Crippen LogP contribution in [0.4, 0.5) is 0 Å². The Hall–Kier alpha value is -0.530. The molecule has 0 atom stereocenters. The molecule has 0 heterocycles. The van der Waals surface area contributed by atoms with Crippen molar-refractivity contribution in [2.45, 2.75) is 69.6 Å². The van der Waals surface area contributed by atoms with Crippen molar-refractivity contribution < 1.29 is 0 Å². The first kappa shape index (κ1) is 15.4. The molecule has 116 valence electrons. The second-order valence-electron chi connectivity index (χ2n) is 7.38. The zero-order valence-corrected chi connectivity index (χ0v) is 14.0. The van der Waals surface area contributed by atoms with Gasteiger partial charge in [-0.15, -0.1) is 0 Å². The predicted octanol–water partition coefficient (Wildman–Crippen LogP) is 5.40. The molecule has 1 aromatic carbocycles. The third kappa shape index (κ3) is 3.00. The van der Waals surface area contributed by atoms with Crippen LogP contribution in [0, 0.1) is 5.92 Å². The summed E-state index contributed by atoms with van der Waals surface area (Å²) in [6.07, 6.45) is 10.3. The van der Waals surface area contributed by atoms with Crippen LogP contribution in [0.15, 0.2) is 18.2 Å². The van der Waals surface area contributed by atoms with E-state index < -0.39 is 0 Å². The van der Waals surface area contributed by atoms with Crippen molar-refractivity contribution in [1.29, 1.82) is 0 Å². The summed E-state index contributed by atoms with van der Waals surface area (Å²) < 4.78 is 0. The highest BCUT2D eigenvalue weighted by Gasteiger charge is 2.34. The molecule has 2 saturated carbocycles. The van der Waals surface area contributed by atoms with Crippen LogP contribution in [0.1, 0.15) is 75.3 Å². The molecule has 0 spiro atoms. The van der Waals surface area contributed by atoms with Gasteiger partial charge in [-0.05, 0) is 54.7 Å².